The normalized spacial score (nSPS) is 16.6. The van der Waals surface area contributed by atoms with Crippen LogP contribution in [0.15, 0.2) is 41.3 Å². The number of pyridine rings is 1. The van der Waals surface area contributed by atoms with Gasteiger partial charge >= 0.3 is 5.97 Å². The van der Waals surface area contributed by atoms with Gasteiger partial charge in [-0.05, 0) is 48.7 Å². The molecule has 1 fully saturated rings. The number of aromatic nitrogens is 1. The maximum Gasteiger partial charge on any atom is 0.303 e. The average molecular weight is 468 g/mol. The maximum absolute atomic E-state index is 12.8. The summed E-state index contributed by atoms with van der Waals surface area (Å²) in [5.41, 5.74) is 4.10. The molecule has 9 heteroatoms. The van der Waals surface area contributed by atoms with E-state index in [0.717, 1.165) is 28.9 Å². The number of anilines is 1. The zero-order valence-corrected chi connectivity index (χ0v) is 18.8. The van der Waals surface area contributed by atoms with Crippen LogP contribution in [0.3, 0.4) is 0 Å². The van der Waals surface area contributed by atoms with Gasteiger partial charge in [-0.2, -0.15) is 0 Å². The largest absolute Gasteiger partial charge is 0.481 e. The number of amides is 2. The van der Waals surface area contributed by atoms with E-state index in [0.29, 0.717) is 40.7 Å². The van der Waals surface area contributed by atoms with Crippen LogP contribution in [0.4, 0.5) is 5.69 Å². The number of nitrogens with zero attached hydrogens (tertiary/aromatic N) is 2. The van der Waals surface area contributed by atoms with Crippen molar-refractivity contribution in [1.29, 1.82) is 0 Å². The maximum atomic E-state index is 12.8. The highest BCUT2D eigenvalue weighted by Crippen LogP contribution is 2.33. The Bertz CT molecular complexity index is 1150. The summed E-state index contributed by atoms with van der Waals surface area (Å²) < 4.78 is 0.506. The van der Waals surface area contributed by atoms with E-state index >= 15 is 0 Å². The summed E-state index contributed by atoms with van der Waals surface area (Å²) in [7, 11) is 0. The van der Waals surface area contributed by atoms with Gasteiger partial charge < -0.3 is 10.4 Å². The zero-order valence-electron chi connectivity index (χ0n) is 17.2. The van der Waals surface area contributed by atoms with Crippen molar-refractivity contribution in [3.05, 3.63) is 52.6 Å². The second-order valence-corrected chi connectivity index (χ2v) is 9.26. The van der Waals surface area contributed by atoms with E-state index < -0.39 is 5.97 Å². The lowest BCUT2D eigenvalue weighted by molar-refractivity contribution is -0.137. The average Bonchev–Trinajstić information content (AvgIpc) is 3.26. The van der Waals surface area contributed by atoms with E-state index in [4.69, 9.17) is 17.3 Å². The molecular weight excluding hydrogens is 446 g/mol. The van der Waals surface area contributed by atoms with E-state index in [9.17, 15) is 14.4 Å². The molecule has 0 atom stereocenters. The van der Waals surface area contributed by atoms with Crippen molar-refractivity contribution in [2.45, 2.75) is 32.1 Å². The predicted molar refractivity (Wildman–Crippen MR) is 128 cm³/mol. The predicted octanol–water partition coefficient (Wildman–Crippen LogP) is 4.09. The van der Waals surface area contributed by atoms with Gasteiger partial charge in [0.25, 0.3) is 5.91 Å². The second kappa shape index (κ2) is 9.62. The van der Waals surface area contributed by atoms with Crippen molar-refractivity contribution in [2.24, 2.45) is 0 Å². The summed E-state index contributed by atoms with van der Waals surface area (Å²) in [5, 5.41) is 11.5. The number of hydrogen-bond acceptors (Lipinski definition) is 6. The summed E-state index contributed by atoms with van der Waals surface area (Å²) >= 11 is 6.62. The number of unbranched alkanes of at least 4 members (excludes halogenated alkanes) is 2. The van der Waals surface area contributed by atoms with Crippen molar-refractivity contribution < 1.29 is 19.5 Å². The number of carboxylic acids is 1. The molecule has 1 aromatic carbocycles. The highest BCUT2D eigenvalue weighted by Gasteiger charge is 2.31. The van der Waals surface area contributed by atoms with Crippen molar-refractivity contribution in [3.63, 3.8) is 0 Å². The van der Waals surface area contributed by atoms with Crippen LogP contribution >= 0.6 is 24.0 Å². The number of thiocarbonyl (C=S) groups is 1. The van der Waals surface area contributed by atoms with Gasteiger partial charge in [-0.1, -0.05) is 42.5 Å². The number of rotatable bonds is 8. The van der Waals surface area contributed by atoms with Crippen LogP contribution < -0.4 is 5.32 Å². The monoisotopic (exact) mass is 467 g/mol. The lowest BCUT2D eigenvalue weighted by atomic mass is 10.1. The molecule has 2 amide bonds. The fourth-order valence-electron chi connectivity index (χ4n) is 3.63. The first-order valence-electron chi connectivity index (χ1n) is 10.3. The number of aliphatic carboxylic acids is 1. The van der Waals surface area contributed by atoms with Crippen LogP contribution in [0.25, 0.3) is 17.3 Å². The third-order valence-corrected chi connectivity index (χ3v) is 6.60. The minimum Gasteiger partial charge on any atom is -0.481 e. The Morgan fingerprint density at radius 3 is 2.88 bits per heavy atom. The van der Waals surface area contributed by atoms with Crippen molar-refractivity contribution in [2.75, 3.05) is 11.9 Å². The molecule has 164 valence electrons. The van der Waals surface area contributed by atoms with Gasteiger partial charge in [0.1, 0.15) is 4.32 Å². The smallest absolute Gasteiger partial charge is 0.303 e. The molecule has 7 nitrogen and oxygen atoms in total. The molecule has 2 N–H and O–H groups in total. The van der Waals surface area contributed by atoms with E-state index in [-0.39, 0.29) is 18.2 Å². The van der Waals surface area contributed by atoms with Crippen molar-refractivity contribution in [1.82, 2.24) is 9.88 Å². The fraction of sp³-hybridized carbons (Fsp3) is 0.261. The SMILES string of the molecule is O=C(O)CCCCCN1C(=O)C(=Cc2cccc(-c3ccc4c(c3)CC(=O)N4)n2)SC1=S. The fourth-order valence-corrected chi connectivity index (χ4v) is 4.92. The van der Waals surface area contributed by atoms with Gasteiger partial charge in [-0.25, -0.2) is 4.98 Å². The molecule has 0 aliphatic carbocycles. The number of benzene rings is 1. The molecule has 32 heavy (non-hydrogen) atoms. The van der Waals surface area contributed by atoms with Crippen LogP contribution in [0.1, 0.15) is 36.9 Å². The van der Waals surface area contributed by atoms with Crippen molar-refractivity contribution >= 4 is 57.8 Å². The van der Waals surface area contributed by atoms with Crippen LogP contribution in [-0.2, 0) is 20.8 Å². The Hall–Kier alpha value is -3.04. The number of carbonyl (C=O) groups is 3. The molecule has 0 radical (unpaired) electrons. The van der Waals surface area contributed by atoms with Gasteiger partial charge in [0.15, 0.2) is 0 Å². The van der Waals surface area contributed by atoms with E-state index in [2.05, 4.69) is 10.3 Å². The Labute approximate surface area is 194 Å². The second-order valence-electron chi connectivity index (χ2n) is 7.58. The number of carbonyl (C=O) groups excluding carboxylic acids is 2. The molecule has 0 saturated carbocycles. The van der Waals surface area contributed by atoms with Crippen LogP contribution in [0.2, 0.25) is 0 Å². The van der Waals surface area contributed by atoms with E-state index in [1.165, 1.54) is 11.8 Å². The standard InChI is InChI=1S/C23H21N3O4S2/c27-20-12-15-11-14(8-9-18(15)25-20)17-6-4-5-16(24-17)13-19-22(30)26(23(31)32-19)10-3-1-2-7-21(28)29/h4-6,8-9,11,13H,1-3,7,10,12H2,(H,25,27)(H,28,29). The van der Waals surface area contributed by atoms with Gasteiger partial charge in [0, 0.05) is 24.2 Å². The van der Waals surface area contributed by atoms with Gasteiger partial charge in [0.05, 0.1) is 22.7 Å². The third-order valence-electron chi connectivity index (χ3n) is 5.22. The highest BCUT2D eigenvalue weighted by atomic mass is 32.2. The lowest BCUT2D eigenvalue weighted by Gasteiger charge is -2.13. The minimum atomic E-state index is -0.807. The Morgan fingerprint density at radius 2 is 2.06 bits per heavy atom. The molecule has 1 saturated heterocycles. The summed E-state index contributed by atoms with van der Waals surface area (Å²) in [4.78, 5) is 41.8. The molecule has 2 aliphatic rings. The number of nitrogens with one attached hydrogen (secondary N) is 1. The first kappa shape index (κ1) is 22.2. The molecular formula is C23H21N3O4S2. The molecule has 3 heterocycles. The summed E-state index contributed by atoms with van der Waals surface area (Å²) in [6.45, 7) is 0.483. The van der Waals surface area contributed by atoms with Crippen LogP contribution in [0.5, 0.6) is 0 Å². The molecule has 1 aromatic heterocycles. The third kappa shape index (κ3) is 5.05. The number of hydrogen-bond donors (Lipinski definition) is 2. The summed E-state index contributed by atoms with van der Waals surface area (Å²) in [6.07, 6.45) is 4.26. The first-order valence-corrected chi connectivity index (χ1v) is 11.5. The molecule has 0 bridgehead atoms. The first-order chi connectivity index (χ1) is 15.4. The summed E-state index contributed by atoms with van der Waals surface area (Å²) in [5.74, 6) is -0.964. The van der Waals surface area contributed by atoms with Gasteiger partial charge in [-0.15, -0.1) is 0 Å². The van der Waals surface area contributed by atoms with Crippen LogP contribution in [0, 0.1) is 0 Å². The van der Waals surface area contributed by atoms with Gasteiger partial charge in [-0.3, -0.25) is 19.3 Å². The highest BCUT2D eigenvalue weighted by molar-refractivity contribution is 8.26. The van der Waals surface area contributed by atoms with Crippen LogP contribution in [-0.4, -0.2) is 43.6 Å². The Morgan fingerprint density at radius 1 is 1.22 bits per heavy atom. The number of carboxylic acid groups (broad SMARTS) is 1. The topological polar surface area (TPSA) is 99.6 Å². The van der Waals surface area contributed by atoms with E-state index in [1.54, 1.807) is 11.0 Å². The van der Waals surface area contributed by atoms with Gasteiger partial charge in [0.2, 0.25) is 5.91 Å². The Balaban J connectivity index is 1.45. The zero-order chi connectivity index (χ0) is 22.7. The number of fused-ring (bicyclic) bond motifs is 1. The van der Waals surface area contributed by atoms with E-state index in [1.807, 2.05) is 36.4 Å². The summed E-state index contributed by atoms with van der Waals surface area (Å²) in [6, 6.07) is 11.4. The Kier molecular flexibility index (Phi) is 6.66. The molecule has 4 rings (SSSR count). The minimum absolute atomic E-state index is 0.0113. The number of thioether (sulfide) groups is 1. The molecule has 0 unspecified atom stereocenters. The van der Waals surface area contributed by atoms with Crippen molar-refractivity contribution in [3.8, 4) is 11.3 Å². The molecule has 0 spiro atoms. The molecule has 2 aliphatic heterocycles. The quantitative estimate of drug-likeness (QED) is 0.343. The lowest BCUT2D eigenvalue weighted by Crippen LogP contribution is -2.29. The molecule has 2 aromatic rings.